The van der Waals surface area contributed by atoms with Gasteiger partial charge in [-0.2, -0.15) is 0 Å². The summed E-state index contributed by atoms with van der Waals surface area (Å²) in [6, 6.07) is 13.2. The van der Waals surface area contributed by atoms with Crippen molar-refractivity contribution in [2.24, 2.45) is 0 Å². The highest BCUT2D eigenvalue weighted by Gasteiger charge is 2.26. The lowest BCUT2D eigenvalue weighted by Gasteiger charge is -2.15. The molecule has 3 rings (SSSR count). The molecule has 29 heavy (non-hydrogen) atoms. The van der Waals surface area contributed by atoms with E-state index in [-0.39, 0.29) is 18.2 Å². The van der Waals surface area contributed by atoms with Gasteiger partial charge in [0.05, 0.1) is 0 Å². The fraction of sp³-hybridized carbons (Fsp3) is 0.286. The van der Waals surface area contributed by atoms with E-state index in [9.17, 15) is 14.4 Å². The van der Waals surface area contributed by atoms with Gasteiger partial charge >= 0.3 is 12.0 Å². The van der Waals surface area contributed by atoms with E-state index in [4.69, 9.17) is 21.1 Å². The van der Waals surface area contributed by atoms with Gasteiger partial charge in [-0.25, -0.2) is 9.59 Å². The smallest absolute Gasteiger partial charge is 0.342 e. The Morgan fingerprint density at radius 3 is 2.48 bits per heavy atom. The van der Waals surface area contributed by atoms with Crippen LogP contribution in [0.3, 0.4) is 0 Å². The van der Waals surface area contributed by atoms with Gasteiger partial charge in [0.25, 0.3) is 5.91 Å². The van der Waals surface area contributed by atoms with E-state index in [1.165, 1.54) is 6.92 Å². The first-order valence-corrected chi connectivity index (χ1v) is 9.59. The summed E-state index contributed by atoms with van der Waals surface area (Å²) in [4.78, 5) is 36.2. The molecule has 3 amide bonds. The first-order chi connectivity index (χ1) is 13.9. The van der Waals surface area contributed by atoms with Crippen molar-refractivity contribution in [3.8, 4) is 5.75 Å². The third-order valence-electron chi connectivity index (χ3n) is 4.22. The molecular weight excluding hydrogens is 396 g/mol. The summed E-state index contributed by atoms with van der Waals surface area (Å²) in [7, 11) is 0. The number of benzene rings is 2. The van der Waals surface area contributed by atoms with E-state index >= 15 is 0 Å². The maximum Gasteiger partial charge on any atom is 0.342 e. The Bertz CT molecular complexity index is 896. The fourth-order valence-corrected chi connectivity index (χ4v) is 2.57. The molecule has 0 bridgehead atoms. The Balaban J connectivity index is 1.57. The number of ether oxygens (including phenoxy) is 2. The number of amides is 3. The van der Waals surface area contributed by atoms with Crippen molar-refractivity contribution in [1.82, 2.24) is 10.6 Å². The van der Waals surface area contributed by atoms with Crippen LogP contribution in [0.25, 0.3) is 0 Å². The largest absolute Gasteiger partial charge is 0.488 e. The molecule has 0 aliphatic heterocycles. The van der Waals surface area contributed by atoms with E-state index in [2.05, 4.69) is 10.6 Å². The van der Waals surface area contributed by atoms with Gasteiger partial charge in [0.2, 0.25) is 0 Å². The van der Waals surface area contributed by atoms with Gasteiger partial charge in [0.15, 0.2) is 6.10 Å². The topological polar surface area (TPSA) is 93.7 Å². The van der Waals surface area contributed by atoms with Gasteiger partial charge in [0.1, 0.15) is 17.9 Å². The Hall–Kier alpha value is -3.06. The van der Waals surface area contributed by atoms with Crippen LogP contribution in [0.2, 0.25) is 5.02 Å². The minimum absolute atomic E-state index is 0.116. The van der Waals surface area contributed by atoms with Crippen LogP contribution in [-0.2, 0) is 16.1 Å². The van der Waals surface area contributed by atoms with Crippen LogP contribution in [0.15, 0.2) is 48.5 Å². The average molecular weight is 417 g/mol. The second-order valence-electron chi connectivity index (χ2n) is 6.70. The Morgan fingerprint density at radius 2 is 1.79 bits per heavy atom. The van der Waals surface area contributed by atoms with Crippen molar-refractivity contribution < 1.29 is 23.9 Å². The van der Waals surface area contributed by atoms with Gasteiger partial charge in [-0.1, -0.05) is 35.9 Å². The molecular formula is C21H21ClN2O5. The van der Waals surface area contributed by atoms with Crippen molar-refractivity contribution in [2.45, 2.75) is 38.5 Å². The molecule has 1 aliphatic rings. The number of nitrogens with one attached hydrogen (secondary N) is 2. The van der Waals surface area contributed by atoms with Crippen LogP contribution < -0.4 is 15.4 Å². The number of imide groups is 1. The molecule has 2 N–H and O–H groups in total. The lowest BCUT2D eigenvalue weighted by Crippen LogP contribution is -2.45. The SMILES string of the molecule is C[C@@H](OC(=O)c1ccccc1OCc1ccc(Cl)cc1)C(=O)NC(=O)NC1CC1. The maximum atomic E-state index is 12.5. The summed E-state index contributed by atoms with van der Waals surface area (Å²) in [6.45, 7) is 1.63. The van der Waals surface area contributed by atoms with E-state index in [0.29, 0.717) is 10.8 Å². The van der Waals surface area contributed by atoms with Crippen LogP contribution in [0, 0.1) is 0 Å². The van der Waals surface area contributed by atoms with Gasteiger partial charge in [-0.15, -0.1) is 0 Å². The molecule has 0 spiro atoms. The third-order valence-corrected chi connectivity index (χ3v) is 4.47. The maximum absolute atomic E-state index is 12.5. The third kappa shape index (κ3) is 6.22. The molecule has 0 heterocycles. The summed E-state index contributed by atoms with van der Waals surface area (Å²) >= 11 is 5.87. The van der Waals surface area contributed by atoms with E-state index in [1.807, 2.05) is 12.1 Å². The van der Waals surface area contributed by atoms with Crippen molar-refractivity contribution in [3.63, 3.8) is 0 Å². The van der Waals surface area contributed by atoms with Gasteiger partial charge < -0.3 is 14.8 Å². The first kappa shape index (κ1) is 20.7. The van der Waals surface area contributed by atoms with E-state index < -0.39 is 24.0 Å². The minimum Gasteiger partial charge on any atom is -0.488 e. The highest BCUT2D eigenvalue weighted by atomic mass is 35.5. The second-order valence-corrected chi connectivity index (χ2v) is 7.13. The van der Waals surface area contributed by atoms with Gasteiger partial charge in [-0.05, 0) is 49.6 Å². The molecule has 2 aromatic rings. The Kier molecular flexibility index (Phi) is 6.72. The standard InChI is InChI=1S/C21H21ClN2O5/c1-13(19(25)24-21(27)23-16-10-11-16)29-20(26)17-4-2-3-5-18(17)28-12-14-6-8-15(22)9-7-14/h2-9,13,16H,10-12H2,1H3,(H2,23,24,25,27)/t13-/m1/s1. The Labute approximate surface area is 173 Å². The van der Waals surface area contributed by atoms with Crippen molar-refractivity contribution in [2.75, 3.05) is 0 Å². The van der Waals surface area contributed by atoms with E-state index in [1.54, 1.807) is 36.4 Å². The summed E-state index contributed by atoms with van der Waals surface area (Å²) in [5.41, 5.74) is 1.07. The summed E-state index contributed by atoms with van der Waals surface area (Å²) in [5, 5.41) is 5.42. The first-order valence-electron chi connectivity index (χ1n) is 9.21. The summed E-state index contributed by atoms with van der Waals surface area (Å²) < 4.78 is 10.9. The second kappa shape index (κ2) is 9.43. The molecule has 1 saturated carbocycles. The molecule has 8 heteroatoms. The molecule has 1 atom stereocenters. The number of rotatable bonds is 7. The van der Waals surface area contributed by atoms with Crippen LogP contribution >= 0.6 is 11.6 Å². The molecule has 0 saturated heterocycles. The minimum atomic E-state index is -1.14. The highest BCUT2D eigenvalue weighted by molar-refractivity contribution is 6.30. The number of carbonyl (C=O) groups is 3. The number of esters is 1. The number of halogens is 1. The monoisotopic (exact) mass is 416 g/mol. The predicted octanol–water partition coefficient (Wildman–Crippen LogP) is 3.45. The van der Waals surface area contributed by atoms with Crippen LogP contribution in [0.1, 0.15) is 35.7 Å². The van der Waals surface area contributed by atoms with Gasteiger partial charge in [0, 0.05) is 11.1 Å². The summed E-state index contributed by atoms with van der Waals surface area (Å²) in [6.07, 6.45) is 0.662. The molecule has 152 valence electrons. The number of hydrogen-bond donors (Lipinski definition) is 2. The number of urea groups is 1. The lowest BCUT2D eigenvalue weighted by molar-refractivity contribution is -0.127. The number of carbonyl (C=O) groups excluding carboxylic acids is 3. The molecule has 0 unspecified atom stereocenters. The molecule has 1 aliphatic carbocycles. The van der Waals surface area contributed by atoms with Crippen molar-refractivity contribution >= 4 is 29.5 Å². The van der Waals surface area contributed by atoms with E-state index in [0.717, 1.165) is 18.4 Å². The zero-order valence-corrected chi connectivity index (χ0v) is 16.6. The van der Waals surface area contributed by atoms with Gasteiger partial charge in [-0.3, -0.25) is 10.1 Å². The average Bonchev–Trinajstić information content (AvgIpc) is 3.51. The van der Waals surface area contributed by atoms with Crippen molar-refractivity contribution in [3.05, 3.63) is 64.7 Å². The molecule has 0 radical (unpaired) electrons. The van der Waals surface area contributed by atoms with Crippen molar-refractivity contribution in [1.29, 1.82) is 0 Å². The normalized spacial score (nSPS) is 13.9. The zero-order chi connectivity index (χ0) is 20.8. The predicted molar refractivity (Wildman–Crippen MR) is 107 cm³/mol. The highest BCUT2D eigenvalue weighted by Crippen LogP contribution is 2.21. The zero-order valence-electron chi connectivity index (χ0n) is 15.8. The summed E-state index contributed by atoms with van der Waals surface area (Å²) in [5.74, 6) is -1.09. The molecule has 0 aromatic heterocycles. The molecule has 2 aromatic carbocycles. The molecule has 1 fully saturated rings. The lowest BCUT2D eigenvalue weighted by atomic mass is 10.2. The van der Waals surface area contributed by atoms with Crippen LogP contribution in [0.5, 0.6) is 5.75 Å². The quantitative estimate of drug-likeness (QED) is 0.674. The Morgan fingerprint density at radius 1 is 1.10 bits per heavy atom. The molecule has 7 nitrogen and oxygen atoms in total. The van der Waals surface area contributed by atoms with Crippen LogP contribution in [0.4, 0.5) is 4.79 Å². The number of para-hydroxylation sites is 1. The number of hydrogen-bond acceptors (Lipinski definition) is 5. The fourth-order valence-electron chi connectivity index (χ4n) is 2.44. The van der Waals surface area contributed by atoms with Crippen LogP contribution in [-0.4, -0.2) is 30.1 Å².